The van der Waals surface area contributed by atoms with Crippen molar-refractivity contribution < 1.29 is 9.53 Å². The number of hydrogen-bond acceptors (Lipinski definition) is 2. The van der Waals surface area contributed by atoms with Crippen LogP contribution in [0.15, 0.2) is 18.2 Å². The van der Waals surface area contributed by atoms with Gasteiger partial charge in [-0.1, -0.05) is 43.9 Å². The molecule has 0 N–H and O–H groups in total. The van der Waals surface area contributed by atoms with Gasteiger partial charge in [0, 0.05) is 18.4 Å². The Morgan fingerprint density at radius 3 is 2.67 bits per heavy atom. The van der Waals surface area contributed by atoms with Crippen molar-refractivity contribution >= 4 is 5.78 Å². The number of aryl methyl sites for hydroxylation is 1. The van der Waals surface area contributed by atoms with Crippen molar-refractivity contribution in [2.24, 2.45) is 0 Å². The number of Topliss-reactive ketones (excluding diaryl/α,β-unsaturated/α-hetero) is 1. The molecule has 1 aromatic carbocycles. The van der Waals surface area contributed by atoms with Crippen LogP contribution < -0.4 is 4.74 Å². The largest absolute Gasteiger partial charge is 0.496 e. The first-order valence-corrected chi connectivity index (χ1v) is 6.82. The van der Waals surface area contributed by atoms with Crippen LogP contribution in [-0.4, -0.2) is 12.9 Å². The van der Waals surface area contributed by atoms with Gasteiger partial charge in [-0.05, 0) is 19.4 Å². The van der Waals surface area contributed by atoms with E-state index in [9.17, 15) is 4.79 Å². The highest BCUT2D eigenvalue weighted by molar-refractivity contribution is 5.81. The lowest BCUT2D eigenvalue weighted by atomic mass is 10.0. The van der Waals surface area contributed by atoms with Gasteiger partial charge in [-0.2, -0.15) is 0 Å². The third kappa shape index (κ3) is 4.91. The Balaban J connectivity index is 2.50. The van der Waals surface area contributed by atoms with Gasteiger partial charge < -0.3 is 4.74 Å². The van der Waals surface area contributed by atoms with Gasteiger partial charge in [-0.15, -0.1) is 0 Å². The van der Waals surface area contributed by atoms with E-state index in [0.29, 0.717) is 18.6 Å². The van der Waals surface area contributed by atoms with E-state index in [0.717, 1.165) is 24.2 Å². The highest BCUT2D eigenvalue weighted by Gasteiger charge is 2.08. The summed E-state index contributed by atoms with van der Waals surface area (Å²) in [5.74, 6) is 1.14. The minimum absolute atomic E-state index is 0.315. The van der Waals surface area contributed by atoms with E-state index >= 15 is 0 Å². The summed E-state index contributed by atoms with van der Waals surface area (Å²) in [4.78, 5) is 11.9. The van der Waals surface area contributed by atoms with Crippen LogP contribution in [0.3, 0.4) is 0 Å². The van der Waals surface area contributed by atoms with Gasteiger partial charge in [-0.3, -0.25) is 4.79 Å². The summed E-state index contributed by atoms with van der Waals surface area (Å²) in [5, 5.41) is 0. The lowest BCUT2D eigenvalue weighted by Gasteiger charge is -2.09. The second-order valence-corrected chi connectivity index (χ2v) is 4.84. The van der Waals surface area contributed by atoms with E-state index in [4.69, 9.17) is 4.74 Å². The molecule has 0 unspecified atom stereocenters. The van der Waals surface area contributed by atoms with E-state index in [1.807, 2.05) is 25.1 Å². The molecule has 1 rings (SSSR count). The van der Waals surface area contributed by atoms with Crippen LogP contribution >= 0.6 is 0 Å². The van der Waals surface area contributed by atoms with Crippen LogP contribution in [0.1, 0.15) is 50.2 Å². The van der Waals surface area contributed by atoms with Gasteiger partial charge in [0.25, 0.3) is 0 Å². The van der Waals surface area contributed by atoms with Crippen molar-refractivity contribution in [1.82, 2.24) is 0 Å². The van der Waals surface area contributed by atoms with Crippen LogP contribution in [0, 0.1) is 6.92 Å². The molecule has 0 atom stereocenters. The average molecular weight is 248 g/mol. The Labute approximate surface area is 110 Å². The first-order valence-electron chi connectivity index (χ1n) is 6.82. The Hall–Kier alpha value is -1.31. The van der Waals surface area contributed by atoms with E-state index in [2.05, 4.69) is 6.92 Å². The number of ether oxygens (including phenoxy) is 1. The number of carbonyl (C=O) groups excluding carboxylic acids is 1. The molecule has 2 heteroatoms. The topological polar surface area (TPSA) is 26.3 Å². The molecule has 0 bridgehead atoms. The summed E-state index contributed by atoms with van der Waals surface area (Å²) < 4.78 is 5.29. The van der Waals surface area contributed by atoms with E-state index < -0.39 is 0 Å². The van der Waals surface area contributed by atoms with Gasteiger partial charge in [-0.25, -0.2) is 0 Å². The fraction of sp³-hybridized carbons (Fsp3) is 0.562. The number of benzene rings is 1. The minimum Gasteiger partial charge on any atom is -0.496 e. The standard InChI is InChI=1S/C16H24O2/c1-4-5-6-7-8-15(17)12-14-11-13(2)9-10-16(14)18-3/h9-11H,4-8,12H2,1-3H3. The zero-order chi connectivity index (χ0) is 13.4. The maximum Gasteiger partial charge on any atom is 0.137 e. The maximum atomic E-state index is 11.9. The summed E-state index contributed by atoms with van der Waals surface area (Å²) in [6.45, 7) is 4.22. The minimum atomic E-state index is 0.315. The molecule has 0 saturated heterocycles. The molecule has 0 aliphatic carbocycles. The Morgan fingerprint density at radius 1 is 1.22 bits per heavy atom. The van der Waals surface area contributed by atoms with Crippen molar-refractivity contribution in [2.75, 3.05) is 7.11 Å². The van der Waals surface area contributed by atoms with Crippen molar-refractivity contribution in [3.05, 3.63) is 29.3 Å². The SMILES string of the molecule is CCCCCCC(=O)Cc1cc(C)ccc1OC. The first-order chi connectivity index (χ1) is 8.67. The van der Waals surface area contributed by atoms with Crippen molar-refractivity contribution in [3.8, 4) is 5.75 Å². The second kappa shape index (κ2) is 7.91. The predicted octanol–water partition coefficient (Wildman–Crippen LogP) is 4.09. The molecule has 2 nitrogen and oxygen atoms in total. The Kier molecular flexibility index (Phi) is 6.48. The predicted molar refractivity (Wildman–Crippen MR) is 75.2 cm³/mol. The van der Waals surface area contributed by atoms with Gasteiger partial charge >= 0.3 is 0 Å². The lowest BCUT2D eigenvalue weighted by molar-refractivity contribution is -0.118. The highest BCUT2D eigenvalue weighted by Crippen LogP contribution is 2.21. The molecule has 1 aromatic rings. The Bertz CT molecular complexity index is 383. The summed E-state index contributed by atoms with van der Waals surface area (Å²) in [5.41, 5.74) is 2.18. The van der Waals surface area contributed by atoms with E-state index in [-0.39, 0.29) is 0 Å². The molecule has 0 spiro atoms. The third-order valence-corrected chi connectivity index (χ3v) is 3.13. The fourth-order valence-corrected chi connectivity index (χ4v) is 2.10. The van der Waals surface area contributed by atoms with Gasteiger partial charge in [0.2, 0.25) is 0 Å². The maximum absolute atomic E-state index is 11.9. The smallest absolute Gasteiger partial charge is 0.137 e. The number of ketones is 1. The number of hydrogen-bond donors (Lipinski definition) is 0. The molecule has 0 aliphatic rings. The molecule has 100 valence electrons. The number of rotatable bonds is 8. The monoisotopic (exact) mass is 248 g/mol. The normalized spacial score (nSPS) is 10.4. The van der Waals surface area contributed by atoms with Gasteiger partial charge in [0.1, 0.15) is 11.5 Å². The summed E-state index contributed by atoms with van der Waals surface area (Å²) in [6.07, 6.45) is 5.79. The fourth-order valence-electron chi connectivity index (χ4n) is 2.10. The van der Waals surface area contributed by atoms with Crippen LogP contribution in [0.4, 0.5) is 0 Å². The van der Waals surface area contributed by atoms with Crippen LogP contribution in [0.2, 0.25) is 0 Å². The molecule has 0 aliphatic heterocycles. The van der Waals surface area contributed by atoms with Crippen molar-refractivity contribution in [3.63, 3.8) is 0 Å². The summed E-state index contributed by atoms with van der Waals surface area (Å²) >= 11 is 0. The molecule has 0 amide bonds. The van der Waals surface area contributed by atoms with Crippen LogP contribution in [-0.2, 0) is 11.2 Å². The molecule has 0 fully saturated rings. The second-order valence-electron chi connectivity index (χ2n) is 4.84. The quantitative estimate of drug-likeness (QED) is 0.648. The summed E-state index contributed by atoms with van der Waals surface area (Å²) in [6, 6.07) is 5.99. The lowest BCUT2D eigenvalue weighted by Crippen LogP contribution is -2.04. The number of unbranched alkanes of at least 4 members (excludes halogenated alkanes) is 3. The van der Waals surface area contributed by atoms with Crippen LogP contribution in [0.25, 0.3) is 0 Å². The molecular formula is C16H24O2. The molecule has 0 heterocycles. The van der Waals surface area contributed by atoms with Gasteiger partial charge in [0.05, 0.1) is 7.11 Å². The van der Waals surface area contributed by atoms with Crippen molar-refractivity contribution in [2.45, 2.75) is 52.4 Å². The Morgan fingerprint density at radius 2 is 2.00 bits per heavy atom. The van der Waals surface area contributed by atoms with Crippen molar-refractivity contribution in [1.29, 1.82) is 0 Å². The molecule has 18 heavy (non-hydrogen) atoms. The number of methoxy groups -OCH3 is 1. The molecule has 0 radical (unpaired) electrons. The van der Waals surface area contributed by atoms with E-state index in [1.165, 1.54) is 18.4 Å². The molecule has 0 saturated carbocycles. The third-order valence-electron chi connectivity index (χ3n) is 3.13. The van der Waals surface area contributed by atoms with Crippen LogP contribution in [0.5, 0.6) is 5.75 Å². The summed E-state index contributed by atoms with van der Waals surface area (Å²) in [7, 11) is 1.65. The molecule has 0 aromatic heterocycles. The number of carbonyl (C=O) groups is 1. The zero-order valence-electron chi connectivity index (χ0n) is 11.8. The average Bonchev–Trinajstić information content (AvgIpc) is 2.35. The highest BCUT2D eigenvalue weighted by atomic mass is 16.5. The zero-order valence-corrected chi connectivity index (χ0v) is 11.8. The van der Waals surface area contributed by atoms with Gasteiger partial charge in [0.15, 0.2) is 0 Å². The van der Waals surface area contributed by atoms with E-state index in [1.54, 1.807) is 7.11 Å². The molecular weight excluding hydrogens is 224 g/mol. The first kappa shape index (κ1) is 14.7.